The normalized spacial score (nSPS) is 11.8. The van der Waals surface area contributed by atoms with Crippen LogP contribution in [0.3, 0.4) is 0 Å². The van der Waals surface area contributed by atoms with Gasteiger partial charge in [0.15, 0.2) is 0 Å². The minimum absolute atomic E-state index is 0.145. The highest BCUT2D eigenvalue weighted by molar-refractivity contribution is 7.89. The summed E-state index contributed by atoms with van der Waals surface area (Å²) in [6.45, 7) is 0.602. The van der Waals surface area contributed by atoms with Crippen molar-refractivity contribution in [2.75, 3.05) is 6.54 Å². The van der Waals surface area contributed by atoms with Crippen LogP contribution in [-0.2, 0) is 23.2 Å². The number of nitrogens with zero attached hydrogens (tertiary/aromatic N) is 2. The van der Waals surface area contributed by atoms with Gasteiger partial charge in [-0.25, -0.2) is 13.1 Å². The van der Waals surface area contributed by atoms with Crippen LogP contribution in [0, 0.1) is 0 Å². The van der Waals surface area contributed by atoms with Crippen LogP contribution in [0.2, 0.25) is 0 Å². The Morgan fingerprint density at radius 1 is 1.50 bits per heavy atom. The first kappa shape index (κ1) is 13.2. The van der Waals surface area contributed by atoms with Crippen molar-refractivity contribution in [1.29, 1.82) is 0 Å². The van der Waals surface area contributed by atoms with Crippen molar-refractivity contribution in [3.63, 3.8) is 0 Å². The highest BCUT2D eigenvalue weighted by Gasteiger charge is 2.15. The Hall–Kier alpha value is -1.22. The summed E-state index contributed by atoms with van der Waals surface area (Å²) in [6.07, 6.45) is 3.41. The Bertz CT molecular complexity index is 590. The van der Waals surface area contributed by atoms with E-state index in [1.807, 2.05) is 0 Å². The predicted octanol–water partition coefficient (Wildman–Crippen LogP) is 0.415. The number of hydrogen-bond acceptors (Lipinski definition) is 5. The highest BCUT2D eigenvalue weighted by Crippen LogP contribution is 2.18. The number of aliphatic hydroxyl groups excluding tert-OH is 1. The Morgan fingerprint density at radius 3 is 2.94 bits per heavy atom. The molecule has 0 aliphatic heterocycles. The Balaban J connectivity index is 1.95. The molecule has 8 heteroatoms. The van der Waals surface area contributed by atoms with E-state index < -0.39 is 10.0 Å². The molecule has 0 bridgehead atoms. The van der Waals surface area contributed by atoms with Gasteiger partial charge in [-0.3, -0.25) is 4.68 Å². The molecule has 2 N–H and O–H groups in total. The first-order valence-corrected chi connectivity index (χ1v) is 7.63. The molecule has 0 radical (unpaired) electrons. The molecule has 0 saturated heterocycles. The van der Waals surface area contributed by atoms with Crippen LogP contribution in [0.5, 0.6) is 0 Å². The second-order valence-electron chi connectivity index (χ2n) is 3.57. The van der Waals surface area contributed by atoms with Crippen molar-refractivity contribution in [1.82, 2.24) is 14.5 Å². The van der Waals surface area contributed by atoms with Gasteiger partial charge in [0.25, 0.3) is 0 Å². The summed E-state index contributed by atoms with van der Waals surface area (Å²) < 4.78 is 27.9. The van der Waals surface area contributed by atoms with Crippen LogP contribution < -0.4 is 4.72 Å². The number of aliphatic hydroxyl groups is 1. The van der Waals surface area contributed by atoms with E-state index in [0.29, 0.717) is 11.4 Å². The maximum absolute atomic E-state index is 11.9. The van der Waals surface area contributed by atoms with Crippen LogP contribution in [-0.4, -0.2) is 29.8 Å². The van der Waals surface area contributed by atoms with Crippen molar-refractivity contribution in [2.45, 2.75) is 18.0 Å². The van der Waals surface area contributed by atoms with Crippen LogP contribution >= 0.6 is 11.3 Å². The van der Waals surface area contributed by atoms with Crippen molar-refractivity contribution >= 4 is 21.4 Å². The second kappa shape index (κ2) is 5.61. The Kier molecular flexibility index (Phi) is 4.12. The number of thiophene rings is 1. The lowest BCUT2D eigenvalue weighted by atomic mass is 10.5. The smallest absolute Gasteiger partial charge is 0.241 e. The van der Waals surface area contributed by atoms with E-state index in [1.54, 1.807) is 23.1 Å². The molecule has 2 rings (SSSR count). The topological polar surface area (TPSA) is 84.2 Å². The van der Waals surface area contributed by atoms with Crippen molar-refractivity contribution in [2.24, 2.45) is 0 Å². The summed E-state index contributed by atoms with van der Waals surface area (Å²) >= 11 is 1.22. The Labute approximate surface area is 109 Å². The van der Waals surface area contributed by atoms with Crippen LogP contribution in [0.15, 0.2) is 34.8 Å². The standard InChI is InChI=1S/C10H13N3O3S2/c14-7-9-6-10(8-17-9)18(15,16)12-3-5-13-4-1-2-11-13/h1-2,4,6,8,12,14H,3,5,7H2. The molecule has 0 aromatic carbocycles. The summed E-state index contributed by atoms with van der Waals surface area (Å²) in [5.41, 5.74) is 0. The van der Waals surface area contributed by atoms with Gasteiger partial charge in [0.05, 0.1) is 18.0 Å². The van der Waals surface area contributed by atoms with Gasteiger partial charge in [-0.2, -0.15) is 5.10 Å². The molecule has 0 fully saturated rings. The molecule has 18 heavy (non-hydrogen) atoms. The first-order valence-electron chi connectivity index (χ1n) is 5.27. The fourth-order valence-corrected chi connectivity index (χ4v) is 3.55. The molecule has 0 saturated carbocycles. The van der Waals surface area contributed by atoms with Crippen molar-refractivity contribution < 1.29 is 13.5 Å². The second-order valence-corrected chi connectivity index (χ2v) is 6.34. The molecule has 0 atom stereocenters. The van der Waals surface area contributed by atoms with Crippen molar-refractivity contribution in [3.05, 3.63) is 34.8 Å². The number of sulfonamides is 1. The summed E-state index contributed by atoms with van der Waals surface area (Å²) in [6, 6.07) is 3.25. The molecule has 2 heterocycles. The van der Waals surface area contributed by atoms with Gasteiger partial charge in [0, 0.05) is 29.2 Å². The minimum atomic E-state index is -3.49. The van der Waals surface area contributed by atoms with Crippen molar-refractivity contribution in [3.8, 4) is 0 Å². The molecule has 0 amide bonds. The van der Waals surface area contributed by atoms with E-state index in [4.69, 9.17) is 5.11 Å². The number of hydrogen-bond donors (Lipinski definition) is 2. The summed E-state index contributed by atoms with van der Waals surface area (Å²) in [5.74, 6) is 0. The van der Waals surface area contributed by atoms with E-state index in [9.17, 15) is 8.42 Å². The third-order valence-electron chi connectivity index (χ3n) is 2.29. The molecule has 2 aromatic rings. The summed E-state index contributed by atoms with van der Waals surface area (Å²) in [7, 11) is -3.49. The third-order valence-corrected chi connectivity index (χ3v) is 4.80. The fourth-order valence-electron chi connectivity index (χ4n) is 1.39. The molecular weight excluding hydrogens is 274 g/mol. The van der Waals surface area contributed by atoms with Crippen LogP contribution in [0.4, 0.5) is 0 Å². The average molecular weight is 287 g/mol. The molecule has 6 nitrogen and oxygen atoms in total. The van der Waals surface area contributed by atoms with Gasteiger partial charge in [-0.1, -0.05) is 0 Å². The monoisotopic (exact) mass is 287 g/mol. The molecule has 2 aromatic heterocycles. The van der Waals surface area contributed by atoms with Gasteiger partial charge < -0.3 is 5.11 Å². The maximum atomic E-state index is 11.9. The SMILES string of the molecule is O=S(=O)(NCCn1cccn1)c1csc(CO)c1. The highest BCUT2D eigenvalue weighted by atomic mass is 32.2. The third kappa shape index (κ3) is 3.16. The van der Waals surface area contributed by atoms with E-state index in [2.05, 4.69) is 9.82 Å². The molecule has 0 aliphatic rings. The quantitative estimate of drug-likeness (QED) is 0.806. The van der Waals surface area contributed by atoms with Gasteiger partial charge >= 0.3 is 0 Å². The average Bonchev–Trinajstić information content (AvgIpc) is 2.99. The maximum Gasteiger partial charge on any atom is 0.241 e. The molecular formula is C10H13N3O3S2. The lowest BCUT2D eigenvalue weighted by Crippen LogP contribution is -2.27. The zero-order valence-electron chi connectivity index (χ0n) is 9.48. The first-order chi connectivity index (χ1) is 8.62. The molecule has 0 aliphatic carbocycles. The zero-order chi connectivity index (χ0) is 13.0. The molecule has 98 valence electrons. The lowest BCUT2D eigenvalue weighted by Gasteiger charge is -2.04. The number of aromatic nitrogens is 2. The van der Waals surface area contributed by atoms with E-state index in [1.165, 1.54) is 22.8 Å². The van der Waals surface area contributed by atoms with Gasteiger partial charge in [-0.05, 0) is 12.1 Å². The van der Waals surface area contributed by atoms with E-state index in [-0.39, 0.29) is 18.0 Å². The minimum Gasteiger partial charge on any atom is -0.391 e. The number of nitrogens with one attached hydrogen (secondary N) is 1. The summed E-state index contributed by atoms with van der Waals surface area (Å²) in [5, 5.41) is 14.4. The Morgan fingerprint density at radius 2 is 2.33 bits per heavy atom. The number of rotatable bonds is 6. The summed E-state index contributed by atoms with van der Waals surface area (Å²) in [4.78, 5) is 0.819. The van der Waals surface area contributed by atoms with Crippen LogP contribution in [0.1, 0.15) is 4.88 Å². The van der Waals surface area contributed by atoms with Gasteiger partial charge in [-0.15, -0.1) is 11.3 Å². The fraction of sp³-hybridized carbons (Fsp3) is 0.300. The van der Waals surface area contributed by atoms with E-state index >= 15 is 0 Å². The lowest BCUT2D eigenvalue weighted by molar-refractivity contribution is 0.285. The largest absolute Gasteiger partial charge is 0.391 e. The predicted molar refractivity (Wildman–Crippen MR) is 67.7 cm³/mol. The van der Waals surface area contributed by atoms with Crippen LogP contribution in [0.25, 0.3) is 0 Å². The van der Waals surface area contributed by atoms with E-state index in [0.717, 1.165) is 0 Å². The molecule has 0 unspecified atom stereocenters. The van der Waals surface area contributed by atoms with Gasteiger partial charge in [0.1, 0.15) is 0 Å². The molecule has 0 spiro atoms. The van der Waals surface area contributed by atoms with Gasteiger partial charge in [0.2, 0.25) is 10.0 Å². The zero-order valence-corrected chi connectivity index (χ0v) is 11.1.